The van der Waals surface area contributed by atoms with E-state index in [1.165, 1.54) is 22.4 Å². The lowest BCUT2D eigenvalue weighted by Crippen LogP contribution is -2.14. The molecule has 0 atom stereocenters. The normalized spacial score (nSPS) is 19.7. The summed E-state index contributed by atoms with van der Waals surface area (Å²) in [5, 5.41) is 0. The SMILES string of the molecule is CC/C=C1/CCN=C(c2ccccc2)/C1=C/CC(C)C. The lowest BCUT2D eigenvalue weighted by molar-refractivity contribution is 0.662. The minimum Gasteiger partial charge on any atom is -0.284 e. The Kier molecular flexibility index (Phi) is 5.34. The second kappa shape index (κ2) is 7.23. The van der Waals surface area contributed by atoms with Gasteiger partial charge in [-0.2, -0.15) is 0 Å². The van der Waals surface area contributed by atoms with Crippen molar-refractivity contribution in [2.24, 2.45) is 10.9 Å². The molecule has 0 radical (unpaired) electrons. The van der Waals surface area contributed by atoms with Gasteiger partial charge in [0.1, 0.15) is 0 Å². The van der Waals surface area contributed by atoms with Crippen LogP contribution in [0.25, 0.3) is 0 Å². The predicted octanol–water partition coefficient (Wildman–Crippen LogP) is 5.19. The van der Waals surface area contributed by atoms with Gasteiger partial charge in [-0.3, -0.25) is 4.99 Å². The van der Waals surface area contributed by atoms with Crippen molar-refractivity contribution in [2.75, 3.05) is 6.54 Å². The minimum atomic E-state index is 0.685. The summed E-state index contributed by atoms with van der Waals surface area (Å²) in [6.07, 6.45) is 8.04. The molecule has 20 heavy (non-hydrogen) atoms. The molecule has 1 aromatic rings. The van der Waals surface area contributed by atoms with Crippen molar-refractivity contribution in [3.05, 3.63) is 59.2 Å². The Morgan fingerprint density at radius 3 is 2.55 bits per heavy atom. The maximum Gasteiger partial charge on any atom is 0.0718 e. The first-order chi connectivity index (χ1) is 9.72. The zero-order valence-corrected chi connectivity index (χ0v) is 12.9. The topological polar surface area (TPSA) is 12.4 Å². The first-order valence-electron chi connectivity index (χ1n) is 7.72. The van der Waals surface area contributed by atoms with Crippen LogP contribution in [0.15, 0.2) is 58.6 Å². The molecule has 0 N–H and O–H groups in total. The Labute approximate surface area is 123 Å². The average Bonchev–Trinajstić information content (AvgIpc) is 2.47. The highest BCUT2D eigenvalue weighted by molar-refractivity contribution is 6.15. The van der Waals surface area contributed by atoms with Gasteiger partial charge in [0.05, 0.1) is 5.71 Å². The molecule has 0 aromatic heterocycles. The Morgan fingerprint density at radius 2 is 1.90 bits per heavy atom. The Hall–Kier alpha value is -1.63. The molecule has 1 nitrogen and oxygen atoms in total. The van der Waals surface area contributed by atoms with Crippen molar-refractivity contribution >= 4 is 5.71 Å². The van der Waals surface area contributed by atoms with Gasteiger partial charge in [0.2, 0.25) is 0 Å². The monoisotopic (exact) mass is 267 g/mol. The standard InChI is InChI=1S/C19H25N/c1-4-8-16-13-14-20-19(17-9-6-5-7-10-17)18(16)12-11-15(2)3/h5-10,12,15H,4,11,13-14H2,1-3H3/b16-8-,18-12+. The van der Waals surface area contributed by atoms with Crippen molar-refractivity contribution in [1.29, 1.82) is 0 Å². The van der Waals surface area contributed by atoms with E-state index in [-0.39, 0.29) is 0 Å². The molecule has 1 heterocycles. The summed E-state index contributed by atoms with van der Waals surface area (Å²) >= 11 is 0. The lowest BCUT2D eigenvalue weighted by atomic mass is 9.89. The second-order valence-corrected chi connectivity index (χ2v) is 5.73. The third-order valence-electron chi connectivity index (χ3n) is 3.54. The lowest BCUT2D eigenvalue weighted by Gasteiger charge is -2.20. The van der Waals surface area contributed by atoms with Gasteiger partial charge in [0.15, 0.2) is 0 Å². The fourth-order valence-electron chi connectivity index (χ4n) is 2.54. The second-order valence-electron chi connectivity index (χ2n) is 5.73. The van der Waals surface area contributed by atoms with Crippen LogP contribution in [0.3, 0.4) is 0 Å². The Bertz CT molecular complexity index is 518. The Morgan fingerprint density at radius 1 is 1.15 bits per heavy atom. The number of hydrogen-bond acceptors (Lipinski definition) is 1. The van der Waals surface area contributed by atoms with Crippen molar-refractivity contribution in [2.45, 2.75) is 40.0 Å². The van der Waals surface area contributed by atoms with E-state index < -0.39 is 0 Å². The molecule has 0 spiro atoms. The van der Waals surface area contributed by atoms with E-state index in [2.05, 4.69) is 63.3 Å². The van der Waals surface area contributed by atoms with Crippen molar-refractivity contribution in [1.82, 2.24) is 0 Å². The van der Waals surface area contributed by atoms with Gasteiger partial charge in [0.25, 0.3) is 0 Å². The van der Waals surface area contributed by atoms with Gasteiger partial charge in [0, 0.05) is 12.1 Å². The number of benzene rings is 1. The van der Waals surface area contributed by atoms with Crippen LogP contribution in [0.5, 0.6) is 0 Å². The molecule has 1 aromatic carbocycles. The van der Waals surface area contributed by atoms with Crippen LogP contribution in [0.2, 0.25) is 0 Å². The van der Waals surface area contributed by atoms with E-state index in [1.54, 1.807) is 0 Å². The summed E-state index contributed by atoms with van der Waals surface area (Å²) in [5.41, 5.74) is 5.25. The van der Waals surface area contributed by atoms with Gasteiger partial charge in [-0.1, -0.05) is 63.3 Å². The highest BCUT2D eigenvalue weighted by Crippen LogP contribution is 2.26. The molecule has 1 aliphatic heterocycles. The minimum absolute atomic E-state index is 0.685. The molecule has 0 saturated carbocycles. The fraction of sp³-hybridized carbons (Fsp3) is 0.421. The fourth-order valence-corrected chi connectivity index (χ4v) is 2.54. The van der Waals surface area contributed by atoms with Crippen molar-refractivity contribution in [3.8, 4) is 0 Å². The van der Waals surface area contributed by atoms with Crippen LogP contribution in [-0.4, -0.2) is 12.3 Å². The van der Waals surface area contributed by atoms with Gasteiger partial charge in [-0.25, -0.2) is 0 Å². The molecule has 0 bridgehead atoms. The number of aliphatic imine (C=N–C) groups is 1. The molecule has 0 amide bonds. The summed E-state index contributed by atoms with van der Waals surface area (Å²) < 4.78 is 0. The molecule has 1 heteroatoms. The van der Waals surface area contributed by atoms with Crippen molar-refractivity contribution < 1.29 is 0 Å². The van der Waals surface area contributed by atoms with Gasteiger partial charge in [-0.05, 0) is 36.3 Å². The maximum absolute atomic E-state index is 4.80. The number of rotatable bonds is 4. The highest BCUT2D eigenvalue weighted by atomic mass is 14.8. The quantitative estimate of drug-likeness (QED) is 0.712. The first-order valence-corrected chi connectivity index (χ1v) is 7.72. The van der Waals surface area contributed by atoms with E-state index in [0.29, 0.717) is 5.92 Å². The molecule has 0 aliphatic carbocycles. The van der Waals surface area contributed by atoms with Crippen LogP contribution in [-0.2, 0) is 0 Å². The van der Waals surface area contributed by atoms with Gasteiger partial charge in [-0.15, -0.1) is 0 Å². The molecule has 0 unspecified atom stereocenters. The predicted molar refractivity (Wildman–Crippen MR) is 88.4 cm³/mol. The molecular formula is C19H25N. The van der Waals surface area contributed by atoms with Crippen LogP contribution in [0.4, 0.5) is 0 Å². The average molecular weight is 267 g/mol. The summed E-state index contributed by atoms with van der Waals surface area (Å²) in [7, 11) is 0. The summed E-state index contributed by atoms with van der Waals surface area (Å²) in [5.74, 6) is 0.685. The molecule has 1 aliphatic rings. The van der Waals surface area contributed by atoms with E-state index in [1.807, 2.05) is 0 Å². The van der Waals surface area contributed by atoms with Gasteiger partial charge < -0.3 is 0 Å². The Balaban J connectivity index is 2.40. The maximum atomic E-state index is 4.80. The third kappa shape index (κ3) is 3.69. The van der Waals surface area contributed by atoms with E-state index in [9.17, 15) is 0 Å². The molecule has 106 valence electrons. The van der Waals surface area contributed by atoms with E-state index in [0.717, 1.165) is 25.8 Å². The first kappa shape index (κ1) is 14.8. The molecule has 0 fully saturated rings. The van der Waals surface area contributed by atoms with E-state index in [4.69, 9.17) is 4.99 Å². The zero-order chi connectivity index (χ0) is 14.4. The van der Waals surface area contributed by atoms with Gasteiger partial charge >= 0.3 is 0 Å². The molecule has 2 rings (SSSR count). The molecule has 0 saturated heterocycles. The van der Waals surface area contributed by atoms with E-state index >= 15 is 0 Å². The summed E-state index contributed by atoms with van der Waals surface area (Å²) in [4.78, 5) is 4.80. The van der Waals surface area contributed by atoms with Crippen molar-refractivity contribution in [3.63, 3.8) is 0 Å². The number of hydrogen-bond donors (Lipinski definition) is 0. The van der Waals surface area contributed by atoms with Crippen LogP contribution >= 0.6 is 0 Å². The summed E-state index contributed by atoms with van der Waals surface area (Å²) in [6, 6.07) is 10.6. The van der Waals surface area contributed by atoms with Crippen LogP contribution in [0, 0.1) is 5.92 Å². The number of nitrogens with zero attached hydrogens (tertiary/aromatic N) is 1. The van der Waals surface area contributed by atoms with Crippen LogP contribution < -0.4 is 0 Å². The highest BCUT2D eigenvalue weighted by Gasteiger charge is 2.17. The number of allylic oxidation sites excluding steroid dienone is 3. The molecular weight excluding hydrogens is 242 g/mol. The third-order valence-corrected chi connectivity index (χ3v) is 3.54. The van der Waals surface area contributed by atoms with Crippen LogP contribution in [0.1, 0.15) is 45.6 Å². The largest absolute Gasteiger partial charge is 0.284 e. The summed E-state index contributed by atoms with van der Waals surface area (Å²) in [6.45, 7) is 7.65. The zero-order valence-electron chi connectivity index (χ0n) is 12.9. The smallest absolute Gasteiger partial charge is 0.0718 e.